The van der Waals surface area contributed by atoms with Gasteiger partial charge in [-0.05, 0) is 12.1 Å². The molecule has 6 unspecified atom stereocenters. The van der Waals surface area contributed by atoms with Gasteiger partial charge in [-0.1, -0.05) is 17.3 Å². The number of hydrogen-bond acceptors (Lipinski definition) is 7. The first-order chi connectivity index (χ1) is 13.1. The Labute approximate surface area is 156 Å². The predicted molar refractivity (Wildman–Crippen MR) is 91.5 cm³/mol. The number of thiazole rings is 1. The Bertz CT molecular complexity index is 993. The van der Waals surface area contributed by atoms with Crippen LogP contribution < -0.4 is 4.90 Å². The Kier molecular flexibility index (Phi) is 2.97. The molecule has 2 aromatic rings. The predicted octanol–water partition coefficient (Wildman–Crippen LogP) is 1.59. The number of benzene rings is 1. The van der Waals surface area contributed by atoms with Crippen LogP contribution >= 0.6 is 11.3 Å². The van der Waals surface area contributed by atoms with Gasteiger partial charge in [0, 0.05) is 17.1 Å². The van der Waals surface area contributed by atoms with Crippen molar-refractivity contribution in [2.75, 3.05) is 4.90 Å². The van der Waals surface area contributed by atoms with Crippen molar-refractivity contribution in [1.29, 1.82) is 0 Å². The van der Waals surface area contributed by atoms with Crippen LogP contribution in [0, 0.1) is 23.6 Å². The van der Waals surface area contributed by atoms with Crippen molar-refractivity contribution in [2.24, 2.45) is 22.9 Å². The first-order valence-corrected chi connectivity index (χ1v) is 9.45. The topological polar surface area (TPSA) is 81.1 Å². The van der Waals surface area contributed by atoms with Crippen molar-refractivity contribution in [3.8, 4) is 0 Å². The first kappa shape index (κ1) is 15.4. The number of halogens is 1. The zero-order chi connectivity index (χ0) is 18.3. The Balaban J connectivity index is 1.37. The van der Waals surface area contributed by atoms with E-state index in [1.54, 1.807) is 23.7 Å². The lowest BCUT2D eigenvalue weighted by molar-refractivity contribution is -0.125. The number of carbonyl (C=O) groups excluding carboxylic acids is 2. The summed E-state index contributed by atoms with van der Waals surface area (Å²) in [6.45, 7) is 0. The first-order valence-electron chi connectivity index (χ1n) is 8.57. The van der Waals surface area contributed by atoms with Gasteiger partial charge in [0.15, 0.2) is 11.2 Å². The highest BCUT2D eigenvalue weighted by Gasteiger charge is 2.72. The van der Waals surface area contributed by atoms with Crippen LogP contribution in [0.5, 0.6) is 0 Å². The molecule has 0 N–H and O–H groups in total. The van der Waals surface area contributed by atoms with Gasteiger partial charge < -0.3 is 9.57 Å². The average Bonchev–Trinajstić information content (AvgIpc) is 3.43. The van der Waals surface area contributed by atoms with Crippen molar-refractivity contribution in [1.82, 2.24) is 4.98 Å². The molecular weight excluding hydrogens is 373 g/mol. The highest BCUT2D eigenvalue weighted by Crippen LogP contribution is 2.55. The van der Waals surface area contributed by atoms with Crippen molar-refractivity contribution in [3.05, 3.63) is 47.2 Å². The zero-order valence-electron chi connectivity index (χ0n) is 13.7. The summed E-state index contributed by atoms with van der Waals surface area (Å²) in [5, 5.41) is 6.29. The number of anilines is 1. The van der Waals surface area contributed by atoms with E-state index in [1.165, 1.54) is 28.4 Å². The van der Waals surface area contributed by atoms with Gasteiger partial charge in [0.25, 0.3) is 0 Å². The van der Waals surface area contributed by atoms with Crippen molar-refractivity contribution in [2.45, 2.75) is 18.3 Å². The molecule has 1 aromatic carbocycles. The van der Waals surface area contributed by atoms with E-state index in [9.17, 15) is 14.0 Å². The van der Waals surface area contributed by atoms with Crippen LogP contribution in [0.25, 0.3) is 0 Å². The molecule has 7 nitrogen and oxygen atoms in total. The number of oxime groups is 1. The minimum Gasteiger partial charge on any atom is -0.389 e. The maximum Gasteiger partial charge on any atom is 0.242 e. The summed E-state index contributed by atoms with van der Waals surface area (Å²) in [7, 11) is 0. The number of amides is 2. The second kappa shape index (κ2) is 5.20. The summed E-state index contributed by atoms with van der Waals surface area (Å²) >= 11 is 1.25. The van der Waals surface area contributed by atoms with Gasteiger partial charge in [0.2, 0.25) is 11.8 Å². The van der Waals surface area contributed by atoms with Gasteiger partial charge in [-0.3, -0.25) is 9.59 Å². The van der Waals surface area contributed by atoms with Gasteiger partial charge in [-0.15, -0.1) is 11.3 Å². The van der Waals surface area contributed by atoms with E-state index in [2.05, 4.69) is 10.1 Å². The SMILES string of the molecule is O=C1C2C3OC(C4C(c5ccc(F)cc5)=NOC34)C2C(=O)N1c1nccs1. The normalized spacial score (nSPS) is 36.0. The van der Waals surface area contributed by atoms with Gasteiger partial charge in [0.1, 0.15) is 11.9 Å². The van der Waals surface area contributed by atoms with E-state index < -0.39 is 30.1 Å². The van der Waals surface area contributed by atoms with E-state index in [4.69, 9.17) is 9.57 Å². The summed E-state index contributed by atoms with van der Waals surface area (Å²) in [5.41, 5.74) is 1.36. The second-order valence-corrected chi connectivity index (χ2v) is 7.90. The molecule has 1 aromatic heterocycles. The Morgan fingerprint density at radius 2 is 1.74 bits per heavy atom. The average molecular weight is 385 g/mol. The molecule has 2 bridgehead atoms. The maximum atomic E-state index is 13.3. The fraction of sp³-hybridized carbons (Fsp3) is 0.333. The molecule has 5 heterocycles. The van der Waals surface area contributed by atoms with Gasteiger partial charge >= 0.3 is 0 Å². The minimum atomic E-state index is -0.574. The standard InChI is InChI=1S/C18H12FN3O4S/c19-8-3-1-7(2-4-8)12-11-13-9-10(14(25-13)15(11)26-21-12)17(24)22(16(9)23)18-20-5-6-27-18/h1-6,9-11,13-15H. The third-order valence-corrected chi connectivity index (χ3v) is 6.55. The van der Waals surface area contributed by atoms with Crippen LogP contribution in [0.4, 0.5) is 9.52 Å². The number of aromatic nitrogens is 1. The zero-order valence-corrected chi connectivity index (χ0v) is 14.5. The lowest BCUT2D eigenvalue weighted by Gasteiger charge is -2.26. The van der Waals surface area contributed by atoms with Crippen LogP contribution in [-0.2, 0) is 19.2 Å². The molecule has 3 fully saturated rings. The van der Waals surface area contributed by atoms with Crippen LogP contribution in [0.15, 0.2) is 41.0 Å². The molecule has 136 valence electrons. The summed E-state index contributed by atoms with van der Waals surface area (Å²) in [5.74, 6) is -2.30. The van der Waals surface area contributed by atoms with E-state index in [0.717, 1.165) is 5.56 Å². The molecule has 0 radical (unpaired) electrons. The molecule has 6 atom stereocenters. The number of imide groups is 1. The maximum absolute atomic E-state index is 13.3. The quantitative estimate of drug-likeness (QED) is 0.734. The number of fused-ring (bicyclic) bond motifs is 8. The van der Waals surface area contributed by atoms with E-state index in [1.807, 2.05) is 0 Å². The lowest BCUT2D eigenvalue weighted by atomic mass is 9.71. The van der Waals surface area contributed by atoms with Crippen molar-refractivity contribution >= 4 is 34.0 Å². The highest BCUT2D eigenvalue weighted by molar-refractivity contribution is 7.14. The van der Waals surface area contributed by atoms with Crippen LogP contribution in [0.1, 0.15) is 5.56 Å². The molecule has 0 aliphatic carbocycles. The van der Waals surface area contributed by atoms with Crippen molar-refractivity contribution in [3.63, 3.8) is 0 Å². The Morgan fingerprint density at radius 3 is 2.44 bits per heavy atom. The third kappa shape index (κ3) is 1.87. The van der Waals surface area contributed by atoms with Crippen LogP contribution in [0.3, 0.4) is 0 Å². The monoisotopic (exact) mass is 385 g/mol. The number of rotatable bonds is 2. The molecule has 0 spiro atoms. The van der Waals surface area contributed by atoms with Crippen molar-refractivity contribution < 1.29 is 23.6 Å². The molecular formula is C18H12FN3O4S. The van der Waals surface area contributed by atoms with Crippen LogP contribution in [0.2, 0.25) is 0 Å². The fourth-order valence-electron chi connectivity index (χ4n) is 4.73. The smallest absolute Gasteiger partial charge is 0.242 e. The second-order valence-electron chi connectivity index (χ2n) is 7.02. The lowest BCUT2D eigenvalue weighted by Crippen LogP contribution is -2.45. The molecule has 27 heavy (non-hydrogen) atoms. The third-order valence-electron chi connectivity index (χ3n) is 5.79. The largest absolute Gasteiger partial charge is 0.389 e. The molecule has 2 amide bonds. The molecule has 6 rings (SSSR count). The summed E-state index contributed by atoms with van der Waals surface area (Å²) in [6, 6.07) is 5.98. The molecule has 4 aliphatic rings. The van der Waals surface area contributed by atoms with Gasteiger partial charge in [-0.2, -0.15) is 0 Å². The number of hydrogen-bond donors (Lipinski definition) is 0. The Hall–Kier alpha value is -2.65. The molecule has 9 heteroatoms. The van der Waals surface area contributed by atoms with Gasteiger partial charge in [-0.25, -0.2) is 14.3 Å². The molecule has 4 aliphatic heterocycles. The number of nitrogens with zero attached hydrogens (tertiary/aromatic N) is 3. The number of ether oxygens (including phenoxy) is 1. The minimum absolute atomic E-state index is 0.255. The summed E-state index contributed by atoms with van der Waals surface area (Å²) in [6.07, 6.45) is 0.145. The van der Waals surface area contributed by atoms with E-state index in [-0.39, 0.29) is 23.5 Å². The van der Waals surface area contributed by atoms with Gasteiger partial charge in [0.05, 0.1) is 29.6 Å². The van der Waals surface area contributed by atoms with E-state index in [0.29, 0.717) is 10.8 Å². The molecule has 3 saturated heterocycles. The molecule has 0 saturated carbocycles. The fourth-order valence-corrected chi connectivity index (χ4v) is 5.38. The summed E-state index contributed by atoms with van der Waals surface area (Å²) < 4.78 is 19.3. The highest BCUT2D eigenvalue weighted by atomic mass is 32.1. The number of carbonyl (C=O) groups is 2. The Morgan fingerprint density at radius 1 is 1.00 bits per heavy atom. The van der Waals surface area contributed by atoms with Crippen LogP contribution in [-0.4, -0.2) is 40.8 Å². The summed E-state index contributed by atoms with van der Waals surface area (Å²) in [4.78, 5) is 36.8. The van der Waals surface area contributed by atoms with E-state index >= 15 is 0 Å².